The Kier molecular flexibility index (Phi) is 8.02. The zero-order chi connectivity index (χ0) is 26.8. The van der Waals surface area contributed by atoms with E-state index in [1.807, 2.05) is 0 Å². The van der Waals surface area contributed by atoms with E-state index < -0.39 is 35.3 Å². The first-order valence-corrected chi connectivity index (χ1v) is 11.9. The van der Waals surface area contributed by atoms with Crippen molar-refractivity contribution in [3.63, 3.8) is 0 Å². The molecule has 0 saturated carbocycles. The van der Waals surface area contributed by atoms with Gasteiger partial charge in [-0.3, -0.25) is 4.79 Å². The van der Waals surface area contributed by atoms with Crippen LogP contribution >= 0.6 is 11.6 Å². The first-order chi connectivity index (χ1) is 16.7. The third-order valence-corrected chi connectivity index (χ3v) is 6.00. The lowest BCUT2D eigenvalue weighted by Gasteiger charge is -2.34. The number of aromatic nitrogens is 2. The van der Waals surface area contributed by atoms with Crippen LogP contribution in [-0.2, 0) is 17.3 Å². The van der Waals surface area contributed by atoms with E-state index in [1.54, 1.807) is 27.7 Å². The molecule has 0 radical (unpaired) electrons. The van der Waals surface area contributed by atoms with E-state index in [0.717, 1.165) is 6.07 Å². The van der Waals surface area contributed by atoms with E-state index >= 15 is 0 Å². The second kappa shape index (κ2) is 10.5. The van der Waals surface area contributed by atoms with Crippen molar-refractivity contribution < 1.29 is 27.5 Å². The number of likely N-dealkylation sites (tertiary alicyclic amines) is 1. The molecule has 0 atom stereocenters. The Bertz CT molecular complexity index is 1140. The Morgan fingerprint density at radius 2 is 1.83 bits per heavy atom. The number of hydrogen-bond acceptors (Lipinski definition) is 6. The summed E-state index contributed by atoms with van der Waals surface area (Å²) in [5, 5.41) is 2.73. The number of anilines is 2. The van der Waals surface area contributed by atoms with Crippen LogP contribution in [0.5, 0.6) is 0 Å². The minimum atomic E-state index is -4.63. The van der Waals surface area contributed by atoms with Gasteiger partial charge in [0, 0.05) is 18.8 Å². The molecule has 0 bridgehead atoms. The highest BCUT2D eigenvalue weighted by Gasteiger charge is 2.37. The van der Waals surface area contributed by atoms with Gasteiger partial charge < -0.3 is 20.7 Å². The van der Waals surface area contributed by atoms with Gasteiger partial charge in [0.05, 0.1) is 11.3 Å². The van der Waals surface area contributed by atoms with Crippen molar-refractivity contribution in [2.75, 3.05) is 18.4 Å². The Labute approximate surface area is 212 Å². The molecule has 12 heteroatoms. The van der Waals surface area contributed by atoms with Gasteiger partial charge >= 0.3 is 12.3 Å². The predicted octanol–water partition coefficient (Wildman–Crippen LogP) is 5.67. The number of ether oxygens (including phenoxy) is 1. The van der Waals surface area contributed by atoms with Crippen molar-refractivity contribution in [1.29, 1.82) is 0 Å². The zero-order valence-corrected chi connectivity index (χ0v) is 21.3. The van der Waals surface area contributed by atoms with Gasteiger partial charge in [-0.25, -0.2) is 14.8 Å². The Morgan fingerprint density at radius 1 is 1.19 bits per heavy atom. The van der Waals surface area contributed by atoms with Crippen molar-refractivity contribution in [2.24, 2.45) is 5.73 Å². The summed E-state index contributed by atoms with van der Waals surface area (Å²) < 4.78 is 47.5. The van der Waals surface area contributed by atoms with Gasteiger partial charge in [-0.1, -0.05) is 24.6 Å². The highest BCUT2D eigenvalue weighted by molar-refractivity contribution is 6.30. The van der Waals surface area contributed by atoms with Gasteiger partial charge in [-0.15, -0.1) is 0 Å². The van der Waals surface area contributed by atoms with Crippen LogP contribution in [0, 0.1) is 0 Å². The molecule has 3 N–H and O–H groups in total. The molecule has 2 heterocycles. The summed E-state index contributed by atoms with van der Waals surface area (Å²) >= 11 is 6.09. The number of rotatable bonds is 5. The minimum Gasteiger partial charge on any atom is -0.444 e. The number of carbonyl (C=O) groups is 2. The maximum absolute atomic E-state index is 14.0. The molecule has 1 saturated heterocycles. The van der Waals surface area contributed by atoms with Crippen LogP contribution in [0.2, 0.25) is 5.15 Å². The lowest BCUT2D eigenvalue weighted by molar-refractivity contribution is -0.138. The van der Waals surface area contributed by atoms with E-state index in [0.29, 0.717) is 25.0 Å². The Hall–Kier alpha value is -3.08. The van der Waals surface area contributed by atoms with E-state index in [1.165, 1.54) is 17.0 Å². The summed E-state index contributed by atoms with van der Waals surface area (Å²) in [6.07, 6.45) is -3.99. The largest absolute Gasteiger partial charge is 0.444 e. The molecular weight excluding hydrogens is 499 g/mol. The number of nitrogens with two attached hydrogens (primary N) is 1. The third-order valence-electron chi connectivity index (χ3n) is 5.70. The summed E-state index contributed by atoms with van der Waals surface area (Å²) in [6.45, 7) is 7.61. The van der Waals surface area contributed by atoms with Crippen molar-refractivity contribution in [1.82, 2.24) is 14.9 Å². The fourth-order valence-electron chi connectivity index (χ4n) is 4.01. The van der Waals surface area contributed by atoms with Crippen molar-refractivity contribution in [3.8, 4) is 0 Å². The van der Waals surface area contributed by atoms with Crippen molar-refractivity contribution in [3.05, 3.63) is 45.9 Å². The Balaban J connectivity index is 1.85. The number of piperidine rings is 1. The highest BCUT2D eigenvalue weighted by atomic mass is 35.5. The second-order valence-corrected chi connectivity index (χ2v) is 9.90. The molecule has 0 aliphatic carbocycles. The van der Waals surface area contributed by atoms with Crippen molar-refractivity contribution >= 4 is 35.1 Å². The molecule has 3 rings (SSSR count). The van der Waals surface area contributed by atoms with Gasteiger partial charge in [0.15, 0.2) is 16.7 Å². The van der Waals surface area contributed by atoms with Crippen LogP contribution in [0.1, 0.15) is 73.8 Å². The van der Waals surface area contributed by atoms with E-state index in [-0.39, 0.29) is 41.0 Å². The monoisotopic (exact) mass is 527 g/mol. The van der Waals surface area contributed by atoms with E-state index in [9.17, 15) is 22.8 Å². The van der Waals surface area contributed by atoms with Crippen LogP contribution in [0.25, 0.3) is 0 Å². The van der Waals surface area contributed by atoms with Gasteiger partial charge in [-0.05, 0) is 63.6 Å². The average molecular weight is 528 g/mol. The Morgan fingerprint density at radius 3 is 2.36 bits per heavy atom. The second-order valence-electron chi connectivity index (χ2n) is 9.54. The number of nitrogens with zero attached hydrogens (tertiary/aromatic N) is 3. The summed E-state index contributed by atoms with van der Waals surface area (Å²) in [6, 6.07) is 3.83. The molecule has 196 valence electrons. The van der Waals surface area contributed by atoms with Gasteiger partial charge in [0.2, 0.25) is 0 Å². The van der Waals surface area contributed by atoms with Crippen LogP contribution in [0.3, 0.4) is 0 Å². The standard InChI is InChI=1S/C24H29ClF3N5O3/c1-5-17-19(25)32-21(18(31-17)20(29)34)30-14-6-7-15(16(12-14)24(26,27)28)13-8-10-33(11-9-13)22(35)36-23(2,3)4/h6-7,12-13H,5,8-11H2,1-4H3,(H2,29,34)(H,30,32). The van der Waals surface area contributed by atoms with Crippen LogP contribution in [0.15, 0.2) is 18.2 Å². The predicted molar refractivity (Wildman–Crippen MR) is 129 cm³/mol. The number of carbonyl (C=O) groups excluding carboxylic acids is 2. The number of primary amides is 1. The molecular formula is C24H29ClF3N5O3. The lowest BCUT2D eigenvalue weighted by atomic mass is 9.86. The molecule has 1 aromatic carbocycles. The van der Waals surface area contributed by atoms with Crippen LogP contribution < -0.4 is 11.1 Å². The first kappa shape index (κ1) is 27.5. The average Bonchev–Trinajstić information content (AvgIpc) is 2.77. The normalized spacial score (nSPS) is 15.1. The molecule has 1 aliphatic heterocycles. The fourth-order valence-corrected chi connectivity index (χ4v) is 4.27. The molecule has 36 heavy (non-hydrogen) atoms. The molecule has 1 aliphatic rings. The number of hydrogen-bond donors (Lipinski definition) is 2. The number of aryl methyl sites for hydroxylation is 1. The number of amides is 2. The van der Waals surface area contributed by atoms with E-state index in [4.69, 9.17) is 22.1 Å². The van der Waals surface area contributed by atoms with Gasteiger partial charge in [0.25, 0.3) is 5.91 Å². The first-order valence-electron chi connectivity index (χ1n) is 11.5. The van der Waals surface area contributed by atoms with Crippen LogP contribution in [0.4, 0.5) is 29.5 Å². The van der Waals surface area contributed by atoms with Crippen molar-refractivity contribution in [2.45, 2.75) is 64.7 Å². The maximum Gasteiger partial charge on any atom is 0.416 e. The van der Waals surface area contributed by atoms with Crippen LogP contribution in [-0.4, -0.2) is 45.6 Å². The number of alkyl halides is 3. The topological polar surface area (TPSA) is 110 Å². The molecule has 0 spiro atoms. The summed E-state index contributed by atoms with van der Waals surface area (Å²) in [7, 11) is 0. The van der Waals surface area contributed by atoms with Gasteiger partial charge in [0.1, 0.15) is 5.60 Å². The van der Waals surface area contributed by atoms with E-state index in [2.05, 4.69) is 15.3 Å². The smallest absolute Gasteiger partial charge is 0.416 e. The SMILES string of the molecule is CCc1nc(C(N)=O)c(Nc2ccc(C3CCN(C(=O)OC(C)(C)C)CC3)c(C(F)(F)F)c2)nc1Cl. The molecule has 2 aromatic rings. The number of halogens is 4. The quantitative estimate of drug-likeness (QED) is 0.518. The molecule has 2 amide bonds. The third kappa shape index (κ3) is 6.57. The van der Waals surface area contributed by atoms with Gasteiger partial charge in [-0.2, -0.15) is 13.2 Å². The lowest BCUT2D eigenvalue weighted by Crippen LogP contribution is -2.41. The summed E-state index contributed by atoms with van der Waals surface area (Å²) in [5.41, 5.74) is 4.24. The minimum absolute atomic E-state index is 0.0226. The molecule has 8 nitrogen and oxygen atoms in total. The maximum atomic E-state index is 14.0. The summed E-state index contributed by atoms with van der Waals surface area (Å²) in [5.74, 6) is -1.41. The highest BCUT2D eigenvalue weighted by Crippen LogP contribution is 2.40. The molecule has 0 unspecified atom stereocenters. The number of nitrogens with one attached hydrogen (secondary N) is 1. The summed E-state index contributed by atoms with van der Waals surface area (Å²) in [4.78, 5) is 33.8. The fraction of sp³-hybridized carbons (Fsp3) is 0.500. The molecule has 1 aromatic heterocycles. The number of benzene rings is 1. The molecule has 1 fully saturated rings. The zero-order valence-electron chi connectivity index (χ0n) is 20.5.